The maximum atomic E-state index is 10.0. The molecule has 1 atom stereocenters. The van der Waals surface area contributed by atoms with Gasteiger partial charge in [-0.1, -0.05) is 19.3 Å². The number of aryl methyl sites for hydroxylation is 1. The van der Waals surface area contributed by atoms with E-state index in [2.05, 4.69) is 4.98 Å². The summed E-state index contributed by atoms with van der Waals surface area (Å²) in [7, 11) is 1.93. The summed E-state index contributed by atoms with van der Waals surface area (Å²) in [6.45, 7) is 0. The van der Waals surface area contributed by atoms with Gasteiger partial charge in [0.25, 0.3) is 0 Å². The van der Waals surface area contributed by atoms with Crippen LogP contribution in [0, 0.1) is 0 Å². The Balaban J connectivity index is 1.79. The minimum atomic E-state index is -0.424. The van der Waals surface area contributed by atoms with Crippen molar-refractivity contribution in [1.82, 2.24) is 9.55 Å². The minimum Gasteiger partial charge on any atom is -0.384 e. The summed E-state index contributed by atoms with van der Waals surface area (Å²) >= 11 is 1.91. The third kappa shape index (κ3) is 3.01. The van der Waals surface area contributed by atoms with Gasteiger partial charge in [-0.25, -0.2) is 4.98 Å². The van der Waals surface area contributed by atoms with E-state index in [4.69, 9.17) is 0 Å². The number of aliphatic hydroxyl groups is 1. The van der Waals surface area contributed by atoms with Gasteiger partial charge in [0.1, 0.15) is 11.9 Å². The number of hydrogen-bond acceptors (Lipinski definition) is 3. The van der Waals surface area contributed by atoms with Crippen molar-refractivity contribution in [2.24, 2.45) is 7.05 Å². The van der Waals surface area contributed by atoms with Crippen molar-refractivity contribution in [1.29, 1.82) is 0 Å². The largest absolute Gasteiger partial charge is 0.384 e. The van der Waals surface area contributed by atoms with Gasteiger partial charge in [0.2, 0.25) is 0 Å². The molecule has 4 heteroatoms. The molecule has 1 unspecified atom stereocenters. The second kappa shape index (κ2) is 5.73. The Morgan fingerprint density at radius 1 is 1.50 bits per heavy atom. The van der Waals surface area contributed by atoms with Crippen LogP contribution in [0.4, 0.5) is 0 Å². The molecule has 2 rings (SSSR count). The smallest absolute Gasteiger partial charge is 0.138 e. The Labute approximate surface area is 101 Å². The molecular weight excluding hydrogens is 220 g/mol. The molecule has 1 N–H and O–H groups in total. The van der Waals surface area contributed by atoms with Crippen molar-refractivity contribution in [2.75, 3.05) is 5.75 Å². The van der Waals surface area contributed by atoms with Gasteiger partial charge in [-0.2, -0.15) is 11.8 Å². The molecule has 0 bridgehead atoms. The summed E-state index contributed by atoms with van der Waals surface area (Å²) in [5.41, 5.74) is 0. The van der Waals surface area contributed by atoms with Crippen LogP contribution in [0.2, 0.25) is 0 Å². The lowest BCUT2D eigenvalue weighted by atomic mass is 10.0. The maximum absolute atomic E-state index is 10.0. The van der Waals surface area contributed by atoms with Gasteiger partial charge in [-0.05, 0) is 12.8 Å². The molecule has 0 saturated heterocycles. The lowest BCUT2D eigenvalue weighted by molar-refractivity contribution is 0.190. The Morgan fingerprint density at radius 2 is 2.25 bits per heavy atom. The molecule has 1 heterocycles. The first-order valence-corrected chi connectivity index (χ1v) is 7.09. The fourth-order valence-corrected chi connectivity index (χ4v) is 3.50. The van der Waals surface area contributed by atoms with E-state index in [1.165, 1.54) is 32.1 Å². The van der Waals surface area contributed by atoms with E-state index in [0.717, 1.165) is 16.8 Å². The van der Waals surface area contributed by atoms with Crippen molar-refractivity contribution in [3.05, 3.63) is 18.2 Å². The van der Waals surface area contributed by atoms with E-state index in [1.54, 1.807) is 6.20 Å². The molecule has 1 aliphatic carbocycles. The first-order valence-electron chi connectivity index (χ1n) is 6.04. The van der Waals surface area contributed by atoms with E-state index in [-0.39, 0.29) is 0 Å². The van der Waals surface area contributed by atoms with Crippen LogP contribution < -0.4 is 0 Å². The van der Waals surface area contributed by atoms with E-state index in [9.17, 15) is 5.11 Å². The minimum absolute atomic E-state index is 0.424. The lowest BCUT2D eigenvalue weighted by Gasteiger charge is -2.22. The molecular formula is C12H20N2OS. The van der Waals surface area contributed by atoms with Crippen LogP contribution in [0.5, 0.6) is 0 Å². The molecule has 1 fully saturated rings. The highest BCUT2D eigenvalue weighted by Gasteiger charge is 2.18. The number of hydrogen-bond donors (Lipinski definition) is 1. The average molecular weight is 240 g/mol. The summed E-state index contributed by atoms with van der Waals surface area (Å²) < 4.78 is 1.89. The predicted octanol–water partition coefficient (Wildman–Crippen LogP) is 2.52. The van der Waals surface area contributed by atoms with Crippen molar-refractivity contribution >= 4 is 11.8 Å². The summed E-state index contributed by atoms with van der Waals surface area (Å²) in [6.07, 6.45) is 9.93. The first kappa shape index (κ1) is 12.0. The summed E-state index contributed by atoms with van der Waals surface area (Å²) in [6, 6.07) is 0. The monoisotopic (exact) mass is 240 g/mol. The Morgan fingerprint density at radius 3 is 2.88 bits per heavy atom. The maximum Gasteiger partial charge on any atom is 0.138 e. The summed E-state index contributed by atoms with van der Waals surface area (Å²) in [4.78, 5) is 4.18. The fraction of sp³-hybridized carbons (Fsp3) is 0.750. The number of aliphatic hydroxyl groups excluding tert-OH is 1. The van der Waals surface area contributed by atoms with Crippen LogP contribution in [0.3, 0.4) is 0 Å². The number of thioether (sulfide) groups is 1. The normalized spacial score (nSPS) is 19.9. The highest BCUT2D eigenvalue weighted by Crippen LogP contribution is 2.30. The van der Waals surface area contributed by atoms with E-state index >= 15 is 0 Å². The molecule has 90 valence electrons. The zero-order valence-electron chi connectivity index (χ0n) is 9.80. The number of nitrogens with zero attached hydrogens (tertiary/aromatic N) is 2. The van der Waals surface area contributed by atoms with E-state index in [1.807, 2.05) is 29.6 Å². The van der Waals surface area contributed by atoms with Crippen molar-refractivity contribution in [2.45, 2.75) is 43.5 Å². The third-order valence-corrected chi connectivity index (χ3v) is 4.65. The fourth-order valence-electron chi connectivity index (χ4n) is 2.23. The highest BCUT2D eigenvalue weighted by atomic mass is 32.2. The van der Waals surface area contributed by atoms with Gasteiger partial charge in [0, 0.05) is 30.4 Å². The Hall–Kier alpha value is -0.480. The van der Waals surface area contributed by atoms with Crippen LogP contribution in [0.15, 0.2) is 12.4 Å². The molecule has 16 heavy (non-hydrogen) atoms. The van der Waals surface area contributed by atoms with E-state index < -0.39 is 6.10 Å². The summed E-state index contributed by atoms with van der Waals surface area (Å²) in [5.74, 6) is 1.55. The van der Waals surface area contributed by atoms with E-state index in [0.29, 0.717) is 0 Å². The molecule has 0 spiro atoms. The Kier molecular flexibility index (Phi) is 4.29. The predicted molar refractivity (Wildman–Crippen MR) is 67.5 cm³/mol. The molecule has 3 nitrogen and oxygen atoms in total. The molecule has 1 saturated carbocycles. The second-order valence-electron chi connectivity index (χ2n) is 4.51. The SMILES string of the molecule is Cn1ccnc1C(O)CSC1CCCCC1. The van der Waals surface area contributed by atoms with Crippen molar-refractivity contribution in [3.8, 4) is 0 Å². The first-order chi connectivity index (χ1) is 7.77. The van der Waals surface area contributed by atoms with Gasteiger partial charge >= 0.3 is 0 Å². The molecule has 1 aromatic rings. The molecule has 0 aliphatic heterocycles. The third-order valence-electron chi connectivity index (χ3n) is 3.20. The van der Waals surface area contributed by atoms with Gasteiger partial charge in [-0.3, -0.25) is 0 Å². The van der Waals surface area contributed by atoms with Crippen LogP contribution in [-0.4, -0.2) is 25.7 Å². The van der Waals surface area contributed by atoms with Crippen LogP contribution in [-0.2, 0) is 7.05 Å². The molecule has 0 aromatic carbocycles. The zero-order chi connectivity index (χ0) is 11.4. The van der Waals surface area contributed by atoms with Crippen LogP contribution >= 0.6 is 11.8 Å². The lowest BCUT2D eigenvalue weighted by Crippen LogP contribution is -2.13. The molecule has 0 amide bonds. The quantitative estimate of drug-likeness (QED) is 0.879. The topological polar surface area (TPSA) is 38.0 Å². The van der Waals surface area contributed by atoms with Gasteiger partial charge in [0.15, 0.2) is 0 Å². The number of rotatable bonds is 4. The van der Waals surface area contributed by atoms with Crippen LogP contribution in [0.1, 0.15) is 44.0 Å². The van der Waals surface area contributed by atoms with Crippen LogP contribution in [0.25, 0.3) is 0 Å². The highest BCUT2D eigenvalue weighted by molar-refractivity contribution is 7.99. The Bertz CT molecular complexity index is 321. The standard InChI is InChI=1S/C12H20N2OS/c1-14-8-7-13-12(14)11(15)9-16-10-5-3-2-4-6-10/h7-8,10-11,15H,2-6,9H2,1H3. The molecule has 0 radical (unpaired) electrons. The second-order valence-corrected chi connectivity index (χ2v) is 5.84. The zero-order valence-corrected chi connectivity index (χ0v) is 10.6. The van der Waals surface area contributed by atoms with Crippen molar-refractivity contribution in [3.63, 3.8) is 0 Å². The molecule has 1 aliphatic rings. The van der Waals surface area contributed by atoms with Gasteiger partial charge in [0.05, 0.1) is 0 Å². The van der Waals surface area contributed by atoms with Crippen molar-refractivity contribution < 1.29 is 5.11 Å². The molecule has 1 aromatic heterocycles. The van der Waals surface area contributed by atoms with Gasteiger partial charge < -0.3 is 9.67 Å². The van der Waals surface area contributed by atoms with Gasteiger partial charge in [-0.15, -0.1) is 0 Å². The summed E-state index contributed by atoms with van der Waals surface area (Å²) in [5, 5.41) is 10.8. The number of aromatic nitrogens is 2. The number of imidazole rings is 1. The average Bonchev–Trinajstić information content (AvgIpc) is 2.74.